The van der Waals surface area contributed by atoms with Crippen LogP contribution in [0.2, 0.25) is 0 Å². The number of nitrogens with zero attached hydrogens (tertiary/aromatic N) is 2. The molecule has 0 aliphatic carbocycles. The Bertz CT molecular complexity index is 642. The average Bonchev–Trinajstić information content (AvgIpc) is 2.57. The summed E-state index contributed by atoms with van der Waals surface area (Å²) in [6, 6.07) is 0. The van der Waals surface area contributed by atoms with Gasteiger partial charge in [-0.05, 0) is 27.7 Å². The van der Waals surface area contributed by atoms with Gasteiger partial charge in [0.05, 0.1) is 6.54 Å². The first-order chi connectivity index (χ1) is 12.0. The summed E-state index contributed by atoms with van der Waals surface area (Å²) in [6.45, 7) is 3.03. The maximum Gasteiger partial charge on any atom is 0.343 e. The van der Waals surface area contributed by atoms with E-state index in [-0.39, 0.29) is 0 Å². The summed E-state index contributed by atoms with van der Waals surface area (Å²) in [5.74, 6) is -6.50. The zero-order valence-electron chi connectivity index (χ0n) is 16.1. The molecule has 0 aromatic carbocycles. The highest BCUT2D eigenvalue weighted by molar-refractivity contribution is 6.22. The Morgan fingerprint density at radius 1 is 0.926 bits per heavy atom. The largest absolute Gasteiger partial charge is 0.479 e. The molecule has 11 heteroatoms. The Morgan fingerprint density at radius 2 is 1.33 bits per heavy atom. The fourth-order valence-corrected chi connectivity index (χ4v) is 2.30. The lowest BCUT2D eigenvalue weighted by Gasteiger charge is -2.40. The van der Waals surface area contributed by atoms with Crippen LogP contribution in [0.1, 0.15) is 27.7 Å². The Kier molecular flexibility index (Phi) is 7.80. The molecular weight excluding hydrogens is 364 g/mol. The summed E-state index contributed by atoms with van der Waals surface area (Å²) in [4.78, 5) is 62.0. The maximum absolute atomic E-state index is 12.8. The van der Waals surface area contributed by atoms with Crippen molar-refractivity contribution in [2.24, 2.45) is 0 Å². The number of carboxylic acid groups (broad SMARTS) is 1. The van der Waals surface area contributed by atoms with E-state index in [4.69, 9.17) is 5.11 Å². The molecule has 0 radical (unpaired) electrons. The van der Waals surface area contributed by atoms with Crippen molar-refractivity contribution in [2.75, 3.05) is 20.6 Å². The van der Waals surface area contributed by atoms with Crippen LogP contribution in [0.25, 0.3) is 0 Å². The van der Waals surface area contributed by atoms with Gasteiger partial charge in [0.15, 0.2) is 11.3 Å². The molecule has 27 heavy (non-hydrogen) atoms. The minimum Gasteiger partial charge on any atom is -0.479 e. The zero-order chi connectivity index (χ0) is 21.9. The van der Waals surface area contributed by atoms with Gasteiger partial charge in [-0.3, -0.25) is 19.2 Å². The van der Waals surface area contributed by atoms with E-state index in [2.05, 4.69) is 0 Å². The second-order valence-corrected chi connectivity index (χ2v) is 6.65. The van der Waals surface area contributed by atoms with Crippen molar-refractivity contribution in [3.05, 3.63) is 0 Å². The Morgan fingerprint density at radius 3 is 1.67 bits per heavy atom. The van der Waals surface area contributed by atoms with Crippen molar-refractivity contribution in [2.45, 2.75) is 51.0 Å². The van der Waals surface area contributed by atoms with E-state index in [1.165, 1.54) is 0 Å². The molecule has 0 heterocycles. The van der Waals surface area contributed by atoms with Crippen LogP contribution in [0.15, 0.2) is 0 Å². The van der Waals surface area contributed by atoms with Crippen molar-refractivity contribution in [1.29, 1.82) is 0 Å². The first-order valence-corrected chi connectivity index (χ1v) is 7.95. The van der Waals surface area contributed by atoms with E-state index in [0.717, 1.165) is 39.8 Å². The summed E-state index contributed by atoms with van der Waals surface area (Å²) in [6.07, 6.45) is -3.06. The normalized spacial score (nSPS) is 17.7. The van der Waals surface area contributed by atoms with E-state index in [9.17, 15) is 39.3 Å². The Balaban J connectivity index is 6.18. The van der Waals surface area contributed by atoms with Gasteiger partial charge in [-0.1, -0.05) is 0 Å². The van der Waals surface area contributed by atoms with Crippen molar-refractivity contribution >= 4 is 29.4 Å². The molecule has 154 valence electrons. The van der Waals surface area contributed by atoms with Crippen molar-refractivity contribution in [3.8, 4) is 0 Å². The third-order valence-corrected chi connectivity index (χ3v) is 4.32. The van der Waals surface area contributed by atoms with Crippen LogP contribution >= 0.6 is 0 Å². The minimum atomic E-state index is -3.02. The smallest absolute Gasteiger partial charge is 0.343 e. The number of carbonyl (C=O) groups excluding carboxylic acids is 4. The van der Waals surface area contributed by atoms with Gasteiger partial charge in [0, 0.05) is 14.1 Å². The monoisotopic (exact) mass is 390 g/mol. The van der Waals surface area contributed by atoms with Crippen LogP contribution in [-0.2, 0) is 24.0 Å². The van der Waals surface area contributed by atoms with Gasteiger partial charge in [-0.15, -0.1) is 0 Å². The first kappa shape index (κ1) is 24.6. The molecule has 0 saturated heterocycles. The quantitative estimate of drug-likeness (QED) is 0.308. The van der Waals surface area contributed by atoms with Crippen LogP contribution in [0, 0.1) is 0 Å². The van der Waals surface area contributed by atoms with Crippen LogP contribution in [0.4, 0.5) is 0 Å². The maximum atomic E-state index is 12.8. The molecule has 0 saturated carbocycles. The van der Waals surface area contributed by atoms with Crippen LogP contribution < -0.4 is 0 Å². The van der Waals surface area contributed by atoms with Gasteiger partial charge in [0.1, 0.15) is 12.2 Å². The molecule has 0 aromatic heterocycles. The predicted molar refractivity (Wildman–Crippen MR) is 90.4 cm³/mol. The van der Waals surface area contributed by atoms with E-state index in [1.807, 2.05) is 0 Å². The molecule has 0 spiro atoms. The Labute approximate surface area is 156 Å². The van der Waals surface area contributed by atoms with Gasteiger partial charge < -0.3 is 30.2 Å². The highest BCUT2D eigenvalue weighted by atomic mass is 16.4. The highest BCUT2D eigenvalue weighted by Crippen LogP contribution is 2.25. The van der Waals surface area contributed by atoms with E-state index >= 15 is 0 Å². The van der Waals surface area contributed by atoms with Crippen LogP contribution in [0.3, 0.4) is 0 Å². The van der Waals surface area contributed by atoms with E-state index < -0.39 is 59.2 Å². The molecule has 11 nitrogen and oxygen atoms in total. The number of carbonyl (C=O) groups is 5. The molecule has 0 aliphatic rings. The van der Waals surface area contributed by atoms with E-state index in [0.29, 0.717) is 11.8 Å². The molecular formula is C16H26N2O9. The van der Waals surface area contributed by atoms with Gasteiger partial charge >= 0.3 is 5.97 Å². The number of Topliss-reactive ketones (excluding diaryl/α,β-unsaturated/α-hetero) is 2. The van der Waals surface area contributed by atoms with Crippen molar-refractivity contribution < 1.29 is 44.4 Å². The highest BCUT2D eigenvalue weighted by Gasteiger charge is 2.56. The number of amides is 2. The van der Waals surface area contributed by atoms with Gasteiger partial charge in [0.25, 0.3) is 11.8 Å². The fraction of sp³-hybridized carbons (Fsp3) is 0.688. The summed E-state index contributed by atoms with van der Waals surface area (Å²) in [5, 5.41) is 37.9. The SMILES string of the molecule is C[C@@H](O)C(=O)N(C)CC(=O)[C@](C)(C(=O)[C@](C)(O)C(=O)O)N(C)C(=O)[C@@H](C)O. The van der Waals surface area contributed by atoms with Crippen molar-refractivity contribution in [1.82, 2.24) is 9.80 Å². The van der Waals surface area contributed by atoms with Crippen LogP contribution in [0.5, 0.6) is 0 Å². The number of aliphatic carboxylic acids is 1. The molecule has 0 aliphatic heterocycles. The number of ketones is 2. The molecule has 4 N–H and O–H groups in total. The summed E-state index contributed by atoms with van der Waals surface area (Å²) >= 11 is 0. The second-order valence-electron chi connectivity index (χ2n) is 6.65. The van der Waals surface area contributed by atoms with Crippen LogP contribution in [-0.4, -0.2) is 104 Å². The number of carboxylic acids is 1. The first-order valence-electron chi connectivity index (χ1n) is 7.95. The fourth-order valence-electron chi connectivity index (χ4n) is 2.30. The lowest BCUT2D eigenvalue weighted by Crippen LogP contribution is -2.68. The second kappa shape index (κ2) is 8.55. The lowest BCUT2D eigenvalue weighted by atomic mass is 9.80. The number of hydrogen-bond acceptors (Lipinski definition) is 8. The predicted octanol–water partition coefficient (Wildman–Crippen LogP) is -2.60. The molecule has 0 fully saturated rings. The van der Waals surface area contributed by atoms with Crippen molar-refractivity contribution in [3.63, 3.8) is 0 Å². The minimum absolute atomic E-state index is 0.528. The lowest BCUT2D eigenvalue weighted by molar-refractivity contribution is -0.173. The summed E-state index contributed by atoms with van der Waals surface area (Å²) in [5.41, 5.74) is -5.53. The third kappa shape index (κ3) is 4.87. The summed E-state index contributed by atoms with van der Waals surface area (Å²) in [7, 11) is 2.14. The number of likely N-dealkylation sites (N-methyl/N-ethyl adjacent to an activating group) is 2. The number of rotatable bonds is 9. The molecule has 0 unspecified atom stereocenters. The van der Waals surface area contributed by atoms with Gasteiger partial charge in [0.2, 0.25) is 11.4 Å². The zero-order valence-corrected chi connectivity index (χ0v) is 16.1. The topological polar surface area (TPSA) is 173 Å². The molecule has 2 amide bonds. The molecule has 0 aromatic rings. The number of aliphatic hydroxyl groups excluding tert-OH is 2. The van der Waals surface area contributed by atoms with Gasteiger partial charge in [-0.2, -0.15) is 0 Å². The number of aliphatic hydroxyl groups is 3. The molecule has 0 rings (SSSR count). The molecule has 4 atom stereocenters. The van der Waals surface area contributed by atoms with Gasteiger partial charge in [-0.25, -0.2) is 4.79 Å². The van der Waals surface area contributed by atoms with E-state index in [1.54, 1.807) is 0 Å². The number of hydrogen-bond donors (Lipinski definition) is 4. The molecule has 0 bridgehead atoms. The standard InChI is InChI=1S/C16H26N2O9/c1-8(19)11(22)17(5)7-10(21)15(3,18(6)12(23)9(2)20)13(24)16(4,27)14(25)26/h8-9,19-20,27H,7H2,1-6H3,(H,25,26)/t8-,9-,15-,16+/m1/s1. The third-order valence-electron chi connectivity index (χ3n) is 4.32. The average molecular weight is 390 g/mol. The summed E-state index contributed by atoms with van der Waals surface area (Å²) < 4.78 is 0. The Hall–Kier alpha value is -2.37.